The number of nitrogens with two attached hydrogens (primary N) is 1. The lowest BCUT2D eigenvalue weighted by atomic mass is 10.2. The molecule has 3 N–H and O–H groups in total. The first-order valence-corrected chi connectivity index (χ1v) is 3.95. The van der Waals surface area contributed by atoms with Gasteiger partial charge in [0.1, 0.15) is 11.5 Å². The fourth-order valence-electron chi connectivity index (χ4n) is 0.803. The first-order chi connectivity index (χ1) is 6.06. The normalized spacial score (nSPS) is 9.77. The van der Waals surface area contributed by atoms with Gasteiger partial charge in [-0.25, -0.2) is 4.39 Å². The molecule has 1 aromatic rings. The van der Waals surface area contributed by atoms with E-state index in [1.54, 1.807) is 0 Å². The van der Waals surface area contributed by atoms with Gasteiger partial charge < -0.3 is 5.43 Å². The Morgan fingerprint density at radius 2 is 2.23 bits per heavy atom. The van der Waals surface area contributed by atoms with Gasteiger partial charge in [-0.2, -0.15) is 0 Å². The molecule has 0 atom stereocenters. The maximum absolute atomic E-state index is 12.8. The fourth-order valence-corrected chi connectivity index (χ4v) is 1.13. The van der Waals surface area contributed by atoms with Crippen LogP contribution < -0.4 is 11.3 Å². The van der Waals surface area contributed by atoms with Crippen LogP contribution >= 0.6 is 15.9 Å². The van der Waals surface area contributed by atoms with Crippen molar-refractivity contribution >= 4 is 27.3 Å². The van der Waals surface area contributed by atoms with Gasteiger partial charge in [-0.15, -0.1) is 0 Å². The maximum atomic E-state index is 12.8. The molecule has 0 aliphatic rings. The number of nitrogens with zero attached hydrogens (tertiary/aromatic N) is 1. The molecule has 0 saturated carbocycles. The number of hydrazine groups is 1. The number of rotatable bonds is 2. The smallest absolute Gasteiger partial charge is 0.294 e. The molecule has 0 spiro atoms. The molecule has 0 amide bonds. The van der Waals surface area contributed by atoms with E-state index in [1.165, 1.54) is 0 Å². The quantitative estimate of drug-likeness (QED) is 0.476. The summed E-state index contributed by atoms with van der Waals surface area (Å²) >= 11 is 2.83. The zero-order valence-corrected chi connectivity index (χ0v) is 7.84. The van der Waals surface area contributed by atoms with Gasteiger partial charge in [-0.1, -0.05) is 0 Å². The molecule has 0 fully saturated rings. The summed E-state index contributed by atoms with van der Waals surface area (Å²) in [6.45, 7) is 0. The minimum Gasteiger partial charge on any atom is -0.318 e. The molecular weight excluding hydrogens is 245 g/mol. The van der Waals surface area contributed by atoms with E-state index >= 15 is 0 Å². The molecule has 0 saturated heterocycles. The fraction of sp³-hybridized carbons (Fsp3) is 0. The van der Waals surface area contributed by atoms with Crippen LogP contribution in [0.25, 0.3) is 0 Å². The lowest BCUT2D eigenvalue weighted by Gasteiger charge is -2.02. The highest BCUT2D eigenvalue weighted by Gasteiger charge is 2.16. The third-order valence-corrected chi connectivity index (χ3v) is 2.00. The number of nitrogens with one attached hydrogen (secondary N) is 1. The number of nitro groups is 1. The summed E-state index contributed by atoms with van der Waals surface area (Å²) in [6.07, 6.45) is 0. The predicted octanol–water partition coefficient (Wildman–Crippen LogP) is 1.78. The zero-order chi connectivity index (χ0) is 10.0. The average Bonchev–Trinajstić information content (AvgIpc) is 2.08. The number of benzene rings is 1. The van der Waals surface area contributed by atoms with Crippen LogP contribution in [0.1, 0.15) is 0 Å². The van der Waals surface area contributed by atoms with Crippen LogP contribution in [0.2, 0.25) is 0 Å². The predicted molar refractivity (Wildman–Crippen MR) is 48.6 cm³/mol. The molecule has 1 aromatic carbocycles. The molecule has 7 heteroatoms. The average molecular weight is 250 g/mol. The third-order valence-electron chi connectivity index (χ3n) is 1.39. The number of hydrogen-bond donors (Lipinski definition) is 2. The molecule has 5 nitrogen and oxygen atoms in total. The summed E-state index contributed by atoms with van der Waals surface area (Å²) in [5.74, 6) is 4.36. The Labute approximate surface area is 81.0 Å². The second-order valence-electron chi connectivity index (χ2n) is 2.18. The van der Waals surface area contributed by atoms with Gasteiger partial charge in [0.05, 0.1) is 9.40 Å². The van der Waals surface area contributed by atoms with Crippen molar-refractivity contribution in [1.29, 1.82) is 0 Å². The van der Waals surface area contributed by atoms with Crippen molar-refractivity contribution in [3.05, 3.63) is 32.5 Å². The molecule has 0 aliphatic carbocycles. The first kappa shape index (κ1) is 9.87. The van der Waals surface area contributed by atoms with Gasteiger partial charge >= 0.3 is 0 Å². The van der Waals surface area contributed by atoms with Gasteiger partial charge in [-0.3, -0.25) is 16.0 Å². The van der Waals surface area contributed by atoms with Gasteiger partial charge in [0.25, 0.3) is 5.69 Å². The lowest BCUT2D eigenvalue weighted by molar-refractivity contribution is -0.384. The number of nitrogen functional groups attached to an aromatic ring is 1. The van der Waals surface area contributed by atoms with E-state index in [-0.39, 0.29) is 15.8 Å². The second-order valence-corrected chi connectivity index (χ2v) is 3.04. The van der Waals surface area contributed by atoms with Gasteiger partial charge in [0.2, 0.25) is 0 Å². The van der Waals surface area contributed by atoms with Crippen molar-refractivity contribution < 1.29 is 9.31 Å². The minimum absolute atomic E-state index is 0.0261. The summed E-state index contributed by atoms with van der Waals surface area (Å²) in [7, 11) is 0. The molecule has 0 aliphatic heterocycles. The van der Waals surface area contributed by atoms with E-state index in [4.69, 9.17) is 5.84 Å². The van der Waals surface area contributed by atoms with Crippen molar-refractivity contribution in [2.45, 2.75) is 0 Å². The van der Waals surface area contributed by atoms with E-state index in [0.29, 0.717) is 0 Å². The van der Waals surface area contributed by atoms with Crippen LogP contribution in [0.5, 0.6) is 0 Å². The highest BCUT2D eigenvalue weighted by atomic mass is 79.9. The number of anilines is 1. The van der Waals surface area contributed by atoms with Gasteiger partial charge in [0.15, 0.2) is 0 Å². The van der Waals surface area contributed by atoms with E-state index < -0.39 is 10.7 Å². The molecular formula is C6H5BrFN3O2. The highest BCUT2D eigenvalue weighted by molar-refractivity contribution is 9.10. The van der Waals surface area contributed by atoms with Crippen LogP contribution in [0.3, 0.4) is 0 Å². The van der Waals surface area contributed by atoms with Crippen LogP contribution in [0, 0.1) is 15.9 Å². The maximum Gasteiger partial charge on any atom is 0.294 e. The molecule has 0 aromatic heterocycles. The van der Waals surface area contributed by atoms with E-state index in [2.05, 4.69) is 15.9 Å². The standard InChI is InChI=1S/C6H5BrFN3O2/c7-3-1-6(11(12)13)5(10-9)2-4(3)8/h1-2,10H,9H2. The third kappa shape index (κ3) is 1.93. The number of hydrogen-bond acceptors (Lipinski definition) is 4. The summed E-state index contributed by atoms with van der Waals surface area (Å²) in [5, 5.41) is 10.4. The number of halogens is 2. The molecule has 1 rings (SSSR count). The van der Waals surface area contributed by atoms with E-state index in [0.717, 1.165) is 12.1 Å². The Kier molecular flexibility index (Phi) is 2.79. The molecule has 0 radical (unpaired) electrons. The Morgan fingerprint density at radius 3 is 2.69 bits per heavy atom. The largest absolute Gasteiger partial charge is 0.318 e. The summed E-state index contributed by atoms with van der Waals surface area (Å²) < 4.78 is 12.9. The Balaban J connectivity index is 3.33. The monoisotopic (exact) mass is 249 g/mol. The Bertz CT molecular complexity index is 358. The molecule has 0 bridgehead atoms. The topological polar surface area (TPSA) is 81.2 Å². The SMILES string of the molecule is NNc1cc(F)c(Br)cc1[N+](=O)[O-]. The number of nitro benzene ring substituents is 1. The van der Waals surface area contributed by atoms with Crippen LogP contribution in [-0.2, 0) is 0 Å². The molecule has 70 valence electrons. The first-order valence-electron chi connectivity index (χ1n) is 3.16. The molecule has 0 heterocycles. The van der Waals surface area contributed by atoms with E-state index in [9.17, 15) is 14.5 Å². The zero-order valence-electron chi connectivity index (χ0n) is 6.25. The van der Waals surface area contributed by atoms with Crippen molar-refractivity contribution in [3.8, 4) is 0 Å². The second kappa shape index (κ2) is 3.67. The summed E-state index contributed by atoms with van der Waals surface area (Å²) in [5.41, 5.74) is 1.70. The Hall–Kier alpha value is -1.21. The lowest BCUT2D eigenvalue weighted by Crippen LogP contribution is -2.09. The minimum atomic E-state index is -0.653. The van der Waals surface area contributed by atoms with Crippen LogP contribution in [0.15, 0.2) is 16.6 Å². The highest BCUT2D eigenvalue weighted by Crippen LogP contribution is 2.29. The summed E-state index contributed by atoms with van der Waals surface area (Å²) in [4.78, 5) is 9.76. The van der Waals surface area contributed by atoms with E-state index in [1.807, 2.05) is 5.43 Å². The molecule has 13 heavy (non-hydrogen) atoms. The van der Waals surface area contributed by atoms with Crippen LogP contribution in [0.4, 0.5) is 15.8 Å². The summed E-state index contributed by atoms with van der Waals surface area (Å²) in [6, 6.07) is 1.99. The van der Waals surface area contributed by atoms with Gasteiger partial charge in [0, 0.05) is 12.1 Å². The van der Waals surface area contributed by atoms with Gasteiger partial charge in [-0.05, 0) is 15.9 Å². The van der Waals surface area contributed by atoms with Crippen LogP contribution in [-0.4, -0.2) is 4.92 Å². The molecule has 0 unspecified atom stereocenters. The van der Waals surface area contributed by atoms with Crippen molar-refractivity contribution in [1.82, 2.24) is 0 Å². The van der Waals surface area contributed by atoms with Crippen molar-refractivity contribution in [3.63, 3.8) is 0 Å². The Morgan fingerprint density at radius 1 is 1.62 bits per heavy atom. The van der Waals surface area contributed by atoms with Crippen molar-refractivity contribution in [2.75, 3.05) is 5.43 Å². The van der Waals surface area contributed by atoms with Crippen molar-refractivity contribution in [2.24, 2.45) is 5.84 Å².